The number of anilines is 2. The first-order valence-corrected chi connectivity index (χ1v) is 14.6. The van der Waals surface area contributed by atoms with Gasteiger partial charge in [-0.05, 0) is 45.1 Å². The fourth-order valence-electron chi connectivity index (χ4n) is 6.12. The minimum Gasteiger partial charge on any atom is -0.356 e. The molecule has 1 unspecified atom stereocenters. The van der Waals surface area contributed by atoms with Gasteiger partial charge in [0, 0.05) is 64.8 Å². The molecule has 4 aliphatic rings. The average molecular weight is 504 g/mol. The van der Waals surface area contributed by atoms with E-state index in [1.165, 1.54) is 56.5 Å². The Labute approximate surface area is 213 Å². The highest BCUT2D eigenvalue weighted by molar-refractivity contribution is 7.19. The number of nitrogens with one attached hydrogen (secondary N) is 1. The van der Waals surface area contributed by atoms with Crippen LogP contribution in [0.5, 0.6) is 0 Å². The summed E-state index contributed by atoms with van der Waals surface area (Å²) in [7, 11) is 0. The van der Waals surface area contributed by atoms with E-state index in [1.54, 1.807) is 4.90 Å². The van der Waals surface area contributed by atoms with E-state index in [9.17, 15) is 9.59 Å². The van der Waals surface area contributed by atoms with Gasteiger partial charge in [0.25, 0.3) is 0 Å². The summed E-state index contributed by atoms with van der Waals surface area (Å²) in [4.78, 5) is 34.0. The summed E-state index contributed by atoms with van der Waals surface area (Å²) in [6.07, 6.45) is 11.4. The van der Waals surface area contributed by atoms with Gasteiger partial charge in [-0.1, -0.05) is 30.6 Å². The number of piperazine rings is 1. The Kier molecular flexibility index (Phi) is 8.51. The molecule has 1 aromatic heterocycles. The number of amides is 2. The van der Waals surface area contributed by atoms with Crippen molar-refractivity contribution in [3.05, 3.63) is 0 Å². The molecule has 4 heterocycles. The van der Waals surface area contributed by atoms with E-state index in [0.29, 0.717) is 18.1 Å². The maximum atomic E-state index is 12.9. The highest BCUT2D eigenvalue weighted by Gasteiger charge is 2.30. The number of nitrogens with zero attached hydrogens (tertiary/aromatic N) is 6. The second-order valence-corrected chi connectivity index (χ2v) is 11.5. The third kappa shape index (κ3) is 6.32. The van der Waals surface area contributed by atoms with Gasteiger partial charge in [0.1, 0.15) is 0 Å². The summed E-state index contributed by atoms with van der Waals surface area (Å²) in [5, 5.41) is 13.3. The predicted octanol–water partition coefficient (Wildman–Crippen LogP) is 2.34. The molecule has 5 rings (SSSR count). The molecule has 1 aliphatic carbocycles. The molecule has 10 heteroatoms. The molecule has 194 valence electrons. The number of hydrogen-bond acceptors (Lipinski definition) is 8. The Bertz CT molecular complexity index is 851. The normalized spacial score (nSPS) is 25.4. The standard InChI is InChI=1S/C25H41N7O2S/c33-22-10-5-14-32(22)25-28-27-24(35-25)31-13-4-7-20(19-31)23(34)26-11-6-12-29-15-17-30(18-16-29)21-8-2-1-3-9-21/h20-21H,1-19H2,(H,26,34). The Morgan fingerprint density at radius 2 is 1.71 bits per heavy atom. The van der Waals surface area contributed by atoms with Gasteiger partial charge in [-0.3, -0.25) is 19.4 Å². The lowest BCUT2D eigenvalue weighted by molar-refractivity contribution is -0.125. The average Bonchev–Trinajstić information content (AvgIpc) is 3.56. The van der Waals surface area contributed by atoms with Crippen molar-refractivity contribution in [2.24, 2.45) is 5.92 Å². The largest absolute Gasteiger partial charge is 0.356 e. The van der Waals surface area contributed by atoms with Crippen molar-refractivity contribution >= 4 is 33.4 Å². The first kappa shape index (κ1) is 24.9. The van der Waals surface area contributed by atoms with Gasteiger partial charge in [0.05, 0.1) is 5.92 Å². The molecule has 0 bridgehead atoms. The molecule has 1 aromatic rings. The fraction of sp³-hybridized carbons (Fsp3) is 0.840. The number of hydrogen-bond donors (Lipinski definition) is 1. The zero-order chi connectivity index (χ0) is 24.0. The maximum Gasteiger partial charge on any atom is 0.228 e. The molecule has 4 fully saturated rings. The van der Waals surface area contributed by atoms with Gasteiger partial charge in [-0.15, -0.1) is 10.2 Å². The van der Waals surface area contributed by atoms with Crippen molar-refractivity contribution in [3.8, 4) is 0 Å². The third-order valence-corrected chi connectivity index (χ3v) is 9.23. The molecular weight excluding hydrogens is 462 g/mol. The van der Waals surface area contributed by atoms with E-state index in [-0.39, 0.29) is 17.7 Å². The summed E-state index contributed by atoms with van der Waals surface area (Å²) in [6, 6.07) is 0.828. The fourth-order valence-corrected chi connectivity index (χ4v) is 7.04. The highest BCUT2D eigenvalue weighted by Crippen LogP contribution is 2.32. The van der Waals surface area contributed by atoms with E-state index in [0.717, 1.165) is 76.1 Å². The van der Waals surface area contributed by atoms with E-state index in [2.05, 4.69) is 30.2 Å². The van der Waals surface area contributed by atoms with Gasteiger partial charge in [0.2, 0.25) is 22.1 Å². The maximum absolute atomic E-state index is 12.9. The van der Waals surface area contributed by atoms with E-state index < -0.39 is 0 Å². The van der Waals surface area contributed by atoms with Crippen LogP contribution in [0.2, 0.25) is 0 Å². The molecule has 1 saturated carbocycles. The van der Waals surface area contributed by atoms with Crippen LogP contribution in [0.15, 0.2) is 0 Å². The van der Waals surface area contributed by atoms with Crippen LogP contribution in [0.1, 0.15) is 64.2 Å². The van der Waals surface area contributed by atoms with Crippen LogP contribution in [0.25, 0.3) is 0 Å². The highest BCUT2D eigenvalue weighted by atomic mass is 32.1. The Hall–Kier alpha value is -1.78. The van der Waals surface area contributed by atoms with Gasteiger partial charge < -0.3 is 15.1 Å². The van der Waals surface area contributed by atoms with Crippen LogP contribution < -0.4 is 15.1 Å². The van der Waals surface area contributed by atoms with Crippen LogP contribution in [0.3, 0.4) is 0 Å². The topological polar surface area (TPSA) is 84.9 Å². The van der Waals surface area contributed by atoms with Crippen molar-refractivity contribution in [2.75, 3.05) is 68.7 Å². The molecule has 35 heavy (non-hydrogen) atoms. The minimum absolute atomic E-state index is 0.0106. The molecule has 1 N–H and O–H groups in total. The SMILES string of the molecule is O=C(NCCCN1CCN(C2CCCCC2)CC1)C1CCCN(c2nnc(N3CCCC3=O)s2)C1. The van der Waals surface area contributed by atoms with Crippen LogP contribution in [-0.2, 0) is 9.59 Å². The van der Waals surface area contributed by atoms with Crippen molar-refractivity contribution < 1.29 is 9.59 Å². The number of carbonyl (C=O) groups is 2. The van der Waals surface area contributed by atoms with E-state index in [1.807, 2.05) is 0 Å². The number of aromatic nitrogens is 2. The molecular formula is C25H41N7O2S. The first-order chi connectivity index (χ1) is 17.2. The van der Waals surface area contributed by atoms with Crippen molar-refractivity contribution in [2.45, 2.75) is 70.3 Å². The van der Waals surface area contributed by atoms with Crippen molar-refractivity contribution in [3.63, 3.8) is 0 Å². The summed E-state index contributed by atoms with van der Waals surface area (Å²) in [5.41, 5.74) is 0. The minimum atomic E-state index is -0.0106. The molecule has 9 nitrogen and oxygen atoms in total. The number of carbonyl (C=O) groups excluding carboxylic acids is 2. The van der Waals surface area contributed by atoms with Crippen molar-refractivity contribution in [1.29, 1.82) is 0 Å². The summed E-state index contributed by atoms with van der Waals surface area (Å²) >= 11 is 1.47. The van der Waals surface area contributed by atoms with Gasteiger partial charge in [-0.2, -0.15) is 0 Å². The monoisotopic (exact) mass is 503 g/mol. The quantitative estimate of drug-likeness (QED) is 0.545. The zero-order valence-corrected chi connectivity index (χ0v) is 21.8. The van der Waals surface area contributed by atoms with Crippen LogP contribution in [0.4, 0.5) is 10.3 Å². The summed E-state index contributed by atoms with van der Waals surface area (Å²) < 4.78 is 0. The Morgan fingerprint density at radius 3 is 2.49 bits per heavy atom. The molecule has 3 saturated heterocycles. The van der Waals surface area contributed by atoms with Crippen LogP contribution in [0, 0.1) is 5.92 Å². The second kappa shape index (κ2) is 12.0. The molecule has 0 spiro atoms. The van der Waals surface area contributed by atoms with E-state index >= 15 is 0 Å². The van der Waals surface area contributed by atoms with Gasteiger partial charge in [-0.25, -0.2) is 0 Å². The lowest BCUT2D eigenvalue weighted by atomic mass is 9.94. The lowest BCUT2D eigenvalue weighted by Crippen LogP contribution is -2.51. The predicted molar refractivity (Wildman–Crippen MR) is 139 cm³/mol. The second-order valence-electron chi connectivity index (χ2n) is 10.6. The van der Waals surface area contributed by atoms with Gasteiger partial charge in [0.15, 0.2) is 0 Å². The third-order valence-electron chi connectivity index (χ3n) is 8.22. The van der Waals surface area contributed by atoms with Crippen molar-refractivity contribution in [1.82, 2.24) is 25.3 Å². The van der Waals surface area contributed by atoms with Crippen LogP contribution in [-0.4, -0.2) is 96.8 Å². The Morgan fingerprint density at radius 1 is 0.914 bits per heavy atom. The molecule has 1 atom stereocenters. The molecule has 0 aromatic carbocycles. The Balaban J connectivity index is 1.00. The summed E-state index contributed by atoms with van der Waals surface area (Å²) in [5.74, 6) is 0.287. The van der Waals surface area contributed by atoms with Gasteiger partial charge >= 0.3 is 0 Å². The smallest absolute Gasteiger partial charge is 0.228 e. The first-order valence-electron chi connectivity index (χ1n) is 13.8. The van der Waals surface area contributed by atoms with Crippen LogP contribution >= 0.6 is 11.3 Å². The summed E-state index contributed by atoms with van der Waals surface area (Å²) in [6.45, 7) is 8.84. The molecule has 2 amide bonds. The lowest BCUT2D eigenvalue weighted by Gasteiger charge is -2.40. The molecule has 0 radical (unpaired) electrons. The zero-order valence-electron chi connectivity index (χ0n) is 21.0. The number of rotatable bonds is 8. The van der Waals surface area contributed by atoms with E-state index in [4.69, 9.17) is 0 Å². The number of piperidine rings is 1. The molecule has 3 aliphatic heterocycles.